The number of halogens is 4. The van der Waals surface area contributed by atoms with Crippen molar-refractivity contribution in [3.8, 4) is 11.8 Å². The number of nitrogens with one attached hydrogen (secondary N) is 1. The molecule has 9 heteroatoms. The van der Waals surface area contributed by atoms with E-state index >= 15 is 0 Å². The molecule has 0 atom stereocenters. The molecule has 0 amide bonds. The summed E-state index contributed by atoms with van der Waals surface area (Å²) in [5, 5.41) is 18.8. The molecule has 1 heterocycles. The van der Waals surface area contributed by atoms with Gasteiger partial charge in [-0.05, 0) is 36.4 Å². The largest absolute Gasteiger partial charge is 0.457 e. The van der Waals surface area contributed by atoms with Crippen LogP contribution in [0.25, 0.3) is 6.08 Å². The average molecular weight is 367 g/mol. The lowest BCUT2D eigenvalue weighted by Gasteiger charge is -2.10. The Morgan fingerprint density at radius 2 is 2.12 bits per heavy atom. The summed E-state index contributed by atoms with van der Waals surface area (Å²) in [4.78, 5) is 0. The Hall–Kier alpha value is -3.05. The fourth-order valence-corrected chi connectivity index (χ4v) is 1.81. The molecule has 0 saturated heterocycles. The monoisotopic (exact) mass is 366 g/mol. The maximum Gasteiger partial charge on any atom is 0.415 e. The van der Waals surface area contributed by atoms with Gasteiger partial charge in [0.1, 0.15) is 23.3 Å². The number of H-pyrrole nitrogens is 1. The molecule has 0 unspecified atom stereocenters. The quantitative estimate of drug-likeness (QED) is 0.627. The van der Waals surface area contributed by atoms with Crippen molar-refractivity contribution in [2.75, 3.05) is 0 Å². The van der Waals surface area contributed by atoms with E-state index < -0.39 is 11.7 Å². The van der Waals surface area contributed by atoms with Gasteiger partial charge in [0.25, 0.3) is 0 Å². The topological polar surface area (TPSA) is 74.6 Å². The van der Waals surface area contributed by atoms with E-state index in [4.69, 9.17) is 21.6 Å². The Morgan fingerprint density at radius 1 is 1.36 bits per heavy atom. The second kappa shape index (κ2) is 7.68. The maximum atomic E-state index is 12.7. The first-order chi connectivity index (χ1) is 11.8. The van der Waals surface area contributed by atoms with Crippen LogP contribution in [0.5, 0.6) is 5.75 Å². The van der Waals surface area contributed by atoms with E-state index in [2.05, 4.69) is 22.0 Å². The number of nitriles is 1. The highest BCUT2D eigenvalue weighted by atomic mass is 35.5. The summed E-state index contributed by atoms with van der Waals surface area (Å²) in [5.74, 6) is 0.0653. The van der Waals surface area contributed by atoms with Gasteiger partial charge in [-0.25, -0.2) is 0 Å². The number of alkyl halides is 3. The zero-order chi connectivity index (χ0) is 18.4. The van der Waals surface area contributed by atoms with Crippen molar-refractivity contribution in [3.05, 3.63) is 70.7 Å². The van der Waals surface area contributed by atoms with Crippen LogP contribution in [-0.2, 0) is 0 Å². The third kappa shape index (κ3) is 5.22. The molecular weight excluding hydrogens is 357 g/mol. The molecule has 1 aromatic carbocycles. The van der Waals surface area contributed by atoms with Gasteiger partial charge in [0.05, 0.1) is 5.57 Å². The summed E-state index contributed by atoms with van der Waals surface area (Å²) < 4.78 is 43.6. The van der Waals surface area contributed by atoms with Crippen LogP contribution in [0.2, 0.25) is 5.02 Å². The lowest BCUT2D eigenvalue weighted by Crippen LogP contribution is -2.09. The van der Waals surface area contributed by atoms with Gasteiger partial charge < -0.3 is 4.74 Å². The highest BCUT2D eigenvalue weighted by molar-refractivity contribution is 6.30. The highest BCUT2D eigenvalue weighted by Gasteiger charge is 2.30. The third-order valence-electron chi connectivity index (χ3n) is 2.80. The molecule has 2 aromatic rings. The fourth-order valence-electron chi connectivity index (χ4n) is 1.63. The van der Waals surface area contributed by atoms with E-state index in [-0.39, 0.29) is 22.9 Å². The summed E-state index contributed by atoms with van der Waals surface area (Å²) in [6, 6.07) is 7.94. The normalized spacial score (nSPS) is 12.2. The first kappa shape index (κ1) is 18.3. The molecule has 0 saturated carbocycles. The highest BCUT2D eigenvalue weighted by Crippen LogP contribution is 2.27. The van der Waals surface area contributed by atoms with Crippen LogP contribution in [0.3, 0.4) is 0 Å². The molecule has 0 bridgehead atoms. The molecule has 0 radical (unpaired) electrons. The Morgan fingerprint density at radius 3 is 2.76 bits per heavy atom. The second-order valence-electron chi connectivity index (χ2n) is 4.63. The molecule has 0 spiro atoms. The number of hydrogen-bond acceptors (Lipinski definition) is 4. The SMILES string of the molecule is C=C(/C=C(\C=C\c1n[nH]nc1C#N)Oc1cccc(Cl)c1)C(F)(F)F. The predicted octanol–water partition coefficient (Wildman–Crippen LogP) is 4.42. The van der Waals surface area contributed by atoms with Gasteiger partial charge in [0.15, 0.2) is 5.69 Å². The van der Waals surface area contributed by atoms with Gasteiger partial charge >= 0.3 is 6.18 Å². The molecule has 1 aromatic heterocycles. The molecule has 25 heavy (non-hydrogen) atoms. The minimum Gasteiger partial charge on any atom is -0.457 e. The molecule has 1 N–H and O–H groups in total. The molecule has 0 aliphatic heterocycles. The second-order valence-corrected chi connectivity index (χ2v) is 5.07. The summed E-state index contributed by atoms with van der Waals surface area (Å²) in [6.45, 7) is 2.98. The lowest BCUT2D eigenvalue weighted by molar-refractivity contribution is -0.0880. The number of benzene rings is 1. The molecule has 5 nitrogen and oxygen atoms in total. The molecule has 2 rings (SSSR count). The number of rotatable bonds is 5. The van der Waals surface area contributed by atoms with Crippen LogP contribution in [0.15, 0.2) is 54.3 Å². The van der Waals surface area contributed by atoms with Gasteiger partial charge in [0.2, 0.25) is 0 Å². The number of allylic oxidation sites excluding steroid dienone is 3. The van der Waals surface area contributed by atoms with Crippen molar-refractivity contribution in [1.82, 2.24) is 15.4 Å². The van der Waals surface area contributed by atoms with E-state index in [0.29, 0.717) is 5.02 Å². The van der Waals surface area contributed by atoms with Crippen molar-refractivity contribution in [2.45, 2.75) is 6.18 Å². The first-order valence-electron chi connectivity index (χ1n) is 6.70. The van der Waals surface area contributed by atoms with E-state index in [1.54, 1.807) is 18.2 Å². The van der Waals surface area contributed by atoms with E-state index in [0.717, 1.165) is 6.08 Å². The number of aromatic nitrogens is 3. The van der Waals surface area contributed by atoms with Crippen molar-refractivity contribution < 1.29 is 17.9 Å². The average Bonchev–Trinajstić information content (AvgIpc) is 2.99. The van der Waals surface area contributed by atoms with Gasteiger partial charge in [-0.3, -0.25) is 0 Å². The van der Waals surface area contributed by atoms with Crippen LogP contribution in [0, 0.1) is 11.3 Å². The summed E-state index contributed by atoms with van der Waals surface area (Å²) >= 11 is 5.83. The van der Waals surface area contributed by atoms with Gasteiger partial charge in [0, 0.05) is 5.02 Å². The number of hydrogen-bond donors (Lipinski definition) is 1. The Balaban J connectivity index is 2.33. The van der Waals surface area contributed by atoms with Crippen LogP contribution < -0.4 is 4.74 Å². The predicted molar refractivity (Wildman–Crippen MR) is 85.5 cm³/mol. The number of nitrogens with zero attached hydrogens (tertiary/aromatic N) is 3. The molecule has 128 valence electrons. The first-order valence-corrected chi connectivity index (χ1v) is 7.07. The smallest absolute Gasteiger partial charge is 0.415 e. The van der Waals surface area contributed by atoms with Crippen molar-refractivity contribution >= 4 is 17.7 Å². The summed E-state index contributed by atoms with van der Waals surface area (Å²) in [6.07, 6.45) is -1.37. The van der Waals surface area contributed by atoms with Crippen molar-refractivity contribution in [2.24, 2.45) is 0 Å². The molecule has 0 aliphatic rings. The Labute approximate surface area is 145 Å². The van der Waals surface area contributed by atoms with E-state index in [1.165, 1.54) is 24.3 Å². The van der Waals surface area contributed by atoms with E-state index in [9.17, 15) is 13.2 Å². The fraction of sp³-hybridized carbons (Fsp3) is 0.0625. The van der Waals surface area contributed by atoms with Crippen LogP contribution in [0.1, 0.15) is 11.4 Å². The van der Waals surface area contributed by atoms with Crippen molar-refractivity contribution in [1.29, 1.82) is 5.26 Å². The zero-order valence-corrected chi connectivity index (χ0v) is 13.3. The van der Waals surface area contributed by atoms with Gasteiger partial charge in [-0.2, -0.15) is 28.7 Å². The molecule has 0 aliphatic carbocycles. The molecular formula is C16H10ClF3N4O. The summed E-state index contributed by atoms with van der Waals surface area (Å²) in [7, 11) is 0. The van der Waals surface area contributed by atoms with Crippen LogP contribution >= 0.6 is 11.6 Å². The lowest BCUT2D eigenvalue weighted by atomic mass is 10.2. The van der Waals surface area contributed by atoms with Crippen LogP contribution in [-0.4, -0.2) is 21.6 Å². The minimum atomic E-state index is -4.61. The standard InChI is InChI=1S/C16H10ClF3N4O/c1-10(16(18,19)20)7-13(25-12-4-2-3-11(17)8-12)5-6-14-15(9-21)23-24-22-14/h2-8H,1H2,(H,22,23,24)/b6-5+,13-7+. The zero-order valence-electron chi connectivity index (χ0n) is 12.5. The number of ether oxygens (including phenoxy) is 1. The van der Waals surface area contributed by atoms with Crippen molar-refractivity contribution in [3.63, 3.8) is 0 Å². The third-order valence-corrected chi connectivity index (χ3v) is 3.03. The summed E-state index contributed by atoms with van der Waals surface area (Å²) in [5.41, 5.74) is -0.955. The number of aromatic amines is 1. The van der Waals surface area contributed by atoms with E-state index in [1.807, 2.05) is 0 Å². The minimum absolute atomic E-state index is 0.00648. The Kier molecular flexibility index (Phi) is 5.62. The van der Waals surface area contributed by atoms with Gasteiger partial charge in [-0.15, -0.1) is 5.10 Å². The Bertz CT molecular complexity index is 878. The van der Waals surface area contributed by atoms with Crippen LogP contribution in [0.4, 0.5) is 13.2 Å². The molecule has 0 fully saturated rings. The maximum absolute atomic E-state index is 12.7. The van der Waals surface area contributed by atoms with Gasteiger partial charge in [-0.1, -0.05) is 24.2 Å².